The fourth-order valence-electron chi connectivity index (χ4n) is 2.22. The van der Waals surface area contributed by atoms with Crippen LogP contribution in [0.5, 0.6) is 11.5 Å². The smallest absolute Gasteiger partial charge is 0.356 e. The quantitative estimate of drug-likeness (QED) is 0.594. The SMILES string of the molecule is COC(=O)c1c(C)nc2cc(Oc3ccc(N)cc3)ccn12. The van der Waals surface area contributed by atoms with Gasteiger partial charge in [0.2, 0.25) is 0 Å². The number of carbonyl (C=O) groups excluding carboxylic acids is 1. The van der Waals surface area contributed by atoms with Gasteiger partial charge >= 0.3 is 5.97 Å². The molecule has 3 aromatic rings. The maximum Gasteiger partial charge on any atom is 0.356 e. The molecule has 6 heteroatoms. The van der Waals surface area contributed by atoms with Crippen molar-refractivity contribution in [2.45, 2.75) is 6.92 Å². The van der Waals surface area contributed by atoms with Crippen LogP contribution in [0.4, 0.5) is 5.69 Å². The lowest BCUT2D eigenvalue weighted by atomic mass is 10.3. The Hall–Kier alpha value is -3.02. The van der Waals surface area contributed by atoms with Gasteiger partial charge in [0.1, 0.15) is 17.1 Å². The Kier molecular flexibility index (Phi) is 3.42. The van der Waals surface area contributed by atoms with Crippen LogP contribution in [0.25, 0.3) is 5.65 Å². The van der Waals surface area contributed by atoms with Crippen LogP contribution in [0, 0.1) is 6.92 Å². The number of aryl methyl sites for hydroxylation is 1. The average Bonchev–Trinajstić information content (AvgIpc) is 2.84. The van der Waals surface area contributed by atoms with Crippen molar-refractivity contribution in [2.75, 3.05) is 12.8 Å². The van der Waals surface area contributed by atoms with E-state index in [4.69, 9.17) is 15.2 Å². The topological polar surface area (TPSA) is 78.8 Å². The van der Waals surface area contributed by atoms with Crippen LogP contribution in [-0.4, -0.2) is 22.5 Å². The highest BCUT2D eigenvalue weighted by molar-refractivity contribution is 5.90. The van der Waals surface area contributed by atoms with E-state index in [0.29, 0.717) is 34.2 Å². The Morgan fingerprint density at radius 3 is 2.59 bits per heavy atom. The molecule has 6 nitrogen and oxygen atoms in total. The van der Waals surface area contributed by atoms with Crippen molar-refractivity contribution in [3.63, 3.8) is 0 Å². The Bertz CT molecular complexity index is 838. The molecule has 1 aromatic carbocycles. The third-order valence-corrected chi connectivity index (χ3v) is 3.27. The first-order chi connectivity index (χ1) is 10.6. The molecule has 0 fully saturated rings. The highest BCUT2D eigenvalue weighted by Crippen LogP contribution is 2.24. The van der Waals surface area contributed by atoms with Gasteiger partial charge in [-0.25, -0.2) is 9.78 Å². The Morgan fingerprint density at radius 1 is 1.18 bits per heavy atom. The highest BCUT2D eigenvalue weighted by atomic mass is 16.5. The summed E-state index contributed by atoms with van der Waals surface area (Å²) in [6.45, 7) is 1.76. The summed E-state index contributed by atoms with van der Waals surface area (Å²) in [6.07, 6.45) is 1.73. The molecular formula is C16H15N3O3. The number of nitrogens with zero attached hydrogens (tertiary/aromatic N) is 2. The van der Waals surface area contributed by atoms with E-state index in [2.05, 4.69) is 4.98 Å². The molecule has 2 N–H and O–H groups in total. The maximum absolute atomic E-state index is 11.8. The van der Waals surface area contributed by atoms with Crippen LogP contribution in [0.15, 0.2) is 42.6 Å². The Balaban J connectivity index is 1.97. The molecule has 0 spiro atoms. The first-order valence-corrected chi connectivity index (χ1v) is 6.69. The van der Waals surface area contributed by atoms with Crippen LogP contribution in [0.1, 0.15) is 16.2 Å². The molecule has 0 aliphatic carbocycles. The van der Waals surface area contributed by atoms with Crippen molar-refractivity contribution in [1.82, 2.24) is 9.38 Å². The number of nitrogens with two attached hydrogens (primary N) is 1. The number of rotatable bonds is 3. The molecule has 2 heterocycles. The summed E-state index contributed by atoms with van der Waals surface area (Å²) in [4.78, 5) is 16.2. The van der Waals surface area contributed by atoms with Gasteiger partial charge in [-0.15, -0.1) is 0 Å². The summed E-state index contributed by atoms with van der Waals surface area (Å²) in [5.41, 5.74) is 7.96. The number of nitrogen functional groups attached to an aromatic ring is 1. The lowest BCUT2D eigenvalue weighted by Gasteiger charge is -2.07. The largest absolute Gasteiger partial charge is 0.464 e. The molecule has 0 saturated heterocycles. The molecule has 3 rings (SSSR count). The maximum atomic E-state index is 11.8. The third kappa shape index (κ3) is 2.46. The first kappa shape index (κ1) is 13.9. The van der Waals surface area contributed by atoms with Gasteiger partial charge in [-0.05, 0) is 37.3 Å². The van der Waals surface area contributed by atoms with E-state index in [1.165, 1.54) is 7.11 Å². The molecular weight excluding hydrogens is 282 g/mol. The minimum atomic E-state index is -0.419. The summed E-state index contributed by atoms with van der Waals surface area (Å²) >= 11 is 0. The summed E-state index contributed by atoms with van der Waals surface area (Å²) in [5.74, 6) is 0.880. The number of hydrogen-bond acceptors (Lipinski definition) is 5. The molecule has 2 aromatic heterocycles. The van der Waals surface area contributed by atoms with Crippen LogP contribution < -0.4 is 10.5 Å². The van der Waals surface area contributed by atoms with Gasteiger partial charge < -0.3 is 15.2 Å². The second kappa shape index (κ2) is 5.40. The molecule has 22 heavy (non-hydrogen) atoms. The zero-order valence-electron chi connectivity index (χ0n) is 12.2. The van der Waals surface area contributed by atoms with Crippen molar-refractivity contribution >= 4 is 17.3 Å². The van der Waals surface area contributed by atoms with E-state index in [0.717, 1.165) is 0 Å². The van der Waals surface area contributed by atoms with Crippen molar-refractivity contribution in [1.29, 1.82) is 0 Å². The minimum Gasteiger partial charge on any atom is -0.464 e. The summed E-state index contributed by atoms with van der Waals surface area (Å²) in [5, 5.41) is 0. The molecule has 0 radical (unpaired) electrons. The van der Waals surface area contributed by atoms with E-state index in [1.807, 2.05) is 0 Å². The van der Waals surface area contributed by atoms with E-state index < -0.39 is 5.97 Å². The van der Waals surface area contributed by atoms with Gasteiger partial charge in [-0.1, -0.05) is 0 Å². The number of benzene rings is 1. The van der Waals surface area contributed by atoms with E-state index in [-0.39, 0.29) is 0 Å². The molecule has 112 valence electrons. The number of anilines is 1. The highest BCUT2D eigenvalue weighted by Gasteiger charge is 2.17. The number of methoxy groups -OCH3 is 1. The van der Waals surface area contributed by atoms with Gasteiger partial charge in [0.25, 0.3) is 0 Å². The lowest BCUT2D eigenvalue weighted by Crippen LogP contribution is -2.06. The Labute approximate surface area is 127 Å². The number of carbonyl (C=O) groups is 1. The number of pyridine rings is 1. The summed E-state index contributed by atoms with van der Waals surface area (Å²) < 4.78 is 12.2. The molecule has 0 saturated carbocycles. The van der Waals surface area contributed by atoms with Crippen molar-refractivity contribution in [2.24, 2.45) is 0 Å². The second-order valence-corrected chi connectivity index (χ2v) is 4.80. The minimum absolute atomic E-state index is 0.413. The number of ether oxygens (including phenoxy) is 2. The van der Waals surface area contributed by atoms with Crippen LogP contribution in [0.2, 0.25) is 0 Å². The summed E-state index contributed by atoms with van der Waals surface area (Å²) in [7, 11) is 1.35. The molecule has 0 amide bonds. The summed E-state index contributed by atoms with van der Waals surface area (Å²) in [6, 6.07) is 10.6. The predicted molar refractivity (Wildman–Crippen MR) is 82.2 cm³/mol. The number of esters is 1. The first-order valence-electron chi connectivity index (χ1n) is 6.69. The Morgan fingerprint density at radius 2 is 1.91 bits per heavy atom. The van der Waals surface area contributed by atoms with Crippen molar-refractivity contribution in [3.05, 3.63) is 54.0 Å². The fraction of sp³-hybridized carbons (Fsp3) is 0.125. The number of aromatic nitrogens is 2. The van der Waals surface area contributed by atoms with Crippen LogP contribution in [-0.2, 0) is 4.74 Å². The predicted octanol–water partition coefficient (Wildman–Crippen LogP) is 2.80. The molecule has 0 aliphatic rings. The third-order valence-electron chi connectivity index (χ3n) is 3.27. The molecule has 0 atom stereocenters. The van der Waals surface area contributed by atoms with Crippen LogP contribution in [0.3, 0.4) is 0 Å². The van der Waals surface area contributed by atoms with E-state index in [1.54, 1.807) is 53.9 Å². The van der Waals surface area contributed by atoms with Crippen LogP contribution >= 0.6 is 0 Å². The van der Waals surface area contributed by atoms with Gasteiger partial charge in [0, 0.05) is 18.0 Å². The van der Waals surface area contributed by atoms with E-state index >= 15 is 0 Å². The standard InChI is InChI=1S/C16H15N3O3/c1-10-15(16(20)21-2)19-8-7-13(9-14(19)18-10)22-12-5-3-11(17)4-6-12/h3-9H,17H2,1-2H3. The van der Waals surface area contributed by atoms with Gasteiger partial charge in [-0.3, -0.25) is 4.40 Å². The molecule has 0 bridgehead atoms. The molecule has 0 aliphatic heterocycles. The number of hydrogen-bond donors (Lipinski definition) is 1. The van der Waals surface area contributed by atoms with Gasteiger partial charge in [-0.2, -0.15) is 0 Å². The zero-order valence-corrected chi connectivity index (χ0v) is 12.2. The van der Waals surface area contributed by atoms with Crippen molar-refractivity contribution < 1.29 is 14.3 Å². The van der Waals surface area contributed by atoms with Gasteiger partial charge in [0.05, 0.1) is 12.8 Å². The lowest BCUT2D eigenvalue weighted by molar-refractivity contribution is 0.0592. The normalized spacial score (nSPS) is 10.6. The average molecular weight is 297 g/mol. The van der Waals surface area contributed by atoms with Gasteiger partial charge in [0.15, 0.2) is 5.69 Å². The number of fused-ring (bicyclic) bond motifs is 1. The zero-order chi connectivity index (χ0) is 15.7. The van der Waals surface area contributed by atoms with Crippen molar-refractivity contribution in [3.8, 4) is 11.5 Å². The fourth-order valence-corrected chi connectivity index (χ4v) is 2.22. The van der Waals surface area contributed by atoms with E-state index in [9.17, 15) is 4.79 Å². The molecule has 0 unspecified atom stereocenters. The monoisotopic (exact) mass is 297 g/mol. The second-order valence-electron chi connectivity index (χ2n) is 4.80. The number of imidazole rings is 1.